The summed E-state index contributed by atoms with van der Waals surface area (Å²) in [6.45, 7) is 0.670. The average Bonchev–Trinajstić information content (AvgIpc) is 2.87. The highest BCUT2D eigenvalue weighted by atomic mass is 32.1. The van der Waals surface area contributed by atoms with Crippen LogP contribution in [0, 0.1) is 0 Å². The van der Waals surface area contributed by atoms with Crippen molar-refractivity contribution >= 4 is 66.6 Å². The molecular weight excluding hydrogens is 424 g/mol. The van der Waals surface area contributed by atoms with Crippen LogP contribution in [0.1, 0.15) is 5.56 Å². The molecule has 0 bridgehead atoms. The van der Waals surface area contributed by atoms with Crippen LogP contribution in [0.2, 0.25) is 0 Å². The van der Waals surface area contributed by atoms with Crippen LogP contribution in [-0.2, 0) is 6.54 Å². The second-order valence-electron chi connectivity index (χ2n) is 8.01. The van der Waals surface area contributed by atoms with E-state index in [0.29, 0.717) is 11.7 Å². The van der Waals surface area contributed by atoms with E-state index < -0.39 is 0 Å². The van der Waals surface area contributed by atoms with Crippen LogP contribution in [0.15, 0.2) is 97.1 Å². The number of hydrogen-bond acceptors (Lipinski definition) is 3. The molecule has 0 spiro atoms. The number of nitrogens with zero attached hydrogens (tertiary/aromatic N) is 2. The van der Waals surface area contributed by atoms with Crippen molar-refractivity contribution in [3.63, 3.8) is 0 Å². The van der Waals surface area contributed by atoms with Gasteiger partial charge in [-0.3, -0.25) is 0 Å². The molecule has 6 aromatic rings. The molecule has 158 valence electrons. The molecule has 0 aliphatic rings. The Labute approximate surface area is 196 Å². The summed E-state index contributed by atoms with van der Waals surface area (Å²) in [7, 11) is 0. The number of benzene rings is 5. The molecule has 0 saturated heterocycles. The summed E-state index contributed by atoms with van der Waals surface area (Å²) >= 11 is 5.49. The quantitative estimate of drug-likeness (QED) is 0.184. The van der Waals surface area contributed by atoms with Crippen LogP contribution in [0.3, 0.4) is 0 Å². The van der Waals surface area contributed by atoms with Crippen LogP contribution in [0.4, 0.5) is 5.69 Å². The SMILES string of the molecule is S=C(NCc1ccccc1)Nc1ccc2nc3c4ccccc4c4ccccc4c3nc2c1. The van der Waals surface area contributed by atoms with Gasteiger partial charge < -0.3 is 10.6 Å². The zero-order chi connectivity index (χ0) is 22.2. The van der Waals surface area contributed by atoms with E-state index in [1.54, 1.807) is 0 Å². The highest BCUT2D eigenvalue weighted by Gasteiger charge is 2.12. The first-order valence-corrected chi connectivity index (χ1v) is 11.3. The maximum atomic E-state index is 5.49. The summed E-state index contributed by atoms with van der Waals surface area (Å²) in [5, 5.41) is 11.7. The standard InChI is InChI=1S/C28H20N4S/c33-28(29-17-18-8-2-1-3-9-18)30-19-14-15-24-25(16-19)32-27-23-13-7-5-11-21(23)20-10-4-6-12-22(20)26(27)31-24/h1-16H,17H2,(H2,29,30,33). The topological polar surface area (TPSA) is 49.8 Å². The summed E-state index contributed by atoms with van der Waals surface area (Å²) in [6, 6.07) is 33.0. The molecule has 6 rings (SSSR count). The Hall–Kier alpha value is -4.09. The molecule has 4 nitrogen and oxygen atoms in total. The maximum absolute atomic E-state index is 5.49. The molecule has 5 aromatic carbocycles. The summed E-state index contributed by atoms with van der Waals surface area (Å²) in [6.07, 6.45) is 0. The molecule has 0 unspecified atom stereocenters. The molecule has 0 aliphatic carbocycles. The van der Waals surface area contributed by atoms with E-state index in [-0.39, 0.29) is 0 Å². The summed E-state index contributed by atoms with van der Waals surface area (Å²) in [5.74, 6) is 0. The van der Waals surface area contributed by atoms with E-state index in [1.807, 2.05) is 36.4 Å². The third-order valence-corrected chi connectivity index (χ3v) is 6.12. The molecule has 1 heterocycles. The van der Waals surface area contributed by atoms with E-state index >= 15 is 0 Å². The highest BCUT2D eigenvalue weighted by molar-refractivity contribution is 7.80. The number of thiocarbonyl (C=S) groups is 1. The predicted octanol–water partition coefficient (Wildman–Crippen LogP) is 6.58. The first-order chi connectivity index (χ1) is 16.3. The van der Waals surface area contributed by atoms with Gasteiger partial charge in [-0.25, -0.2) is 9.97 Å². The van der Waals surface area contributed by atoms with Gasteiger partial charge in [-0.15, -0.1) is 0 Å². The smallest absolute Gasteiger partial charge is 0.171 e. The highest BCUT2D eigenvalue weighted by Crippen LogP contribution is 2.34. The molecule has 5 heteroatoms. The normalized spacial score (nSPS) is 11.3. The molecule has 0 radical (unpaired) electrons. The first kappa shape index (κ1) is 19.6. The van der Waals surface area contributed by atoms with Crippen molar-refractivity contribution in [1.82, 2.24) is 15.3 Å². The lowest BCUT2D eigenvalue weighted by atomic mass is 9.99. The molecule has 0 amide bonds. The van der Waals surface area contributed by atoms with Crippen molar-refractivity contribution in [3.05, 3.63) is 103 Å². The Morgan fingerprint density at radius 1 is 0.636 bits per heavy atom. The molecule has 0 atom stereocenters. The number of hydrogen-bond donors (Lipinski definition) is 2. The number of anilines is 1. The second kappa shape index (κ2) is 8.11. The fraction of sp³-hybridized carbons (Fsp3) is 0.0357. The molecule has 0 saturated carbocycles. The zero-order valence-corrected chi connectivity index (χ0v) is 18.6. The van der Waals surface area contributed by atoms with Gasteiger partial charge in [0.2, 0.25) is 0 Å². The molecular formula is C28H20N4S. The van der Waals surface area contributed by atoms with E-state index in [2.05, 4.69) is 71.3 Å². The molecule has 0 aliphatic heterocycles. The van der Waals surface area contributed by atoms with Gasteiger partial charge in [-0.05, 0) is 46.8 Å². The lowest BCUT2D eigenvalue weighted by molar-refractivity contribution is 0.926. The van der Waals surface area contributed by atoms with E-state index in [9.17, 15) is 0 Å². The lowest BCUT2D eigenvalue weighted by Crippen LogP contribution is -2.27. The third-order valence-electron chi connectivity index (χ3n) is 5.87. The Kier molecular flexibility index (Phi) is 4.82. The van der Waals surface area contributed by atoms with Gasteiger partial charge in [-0.2, -0.15) is 0 Å². The van der Waals surface area contributed by atoms with Gasteiger partial charge in [0.15, 0.2) is 5.11 Å². The fourth-order valence-electron chi connectivity index (χ4n) is 4.31. The van der Waals surface area contributed by atoms with E-state index in [4.69, 9.17) is 22.2 Å². The Morgan fingerprint density at radius 3 is 1.88 bits per heavy atom. The van der Waals surface area contributed by atoms with Crippen molar-refractivity contribution in [2.45, 2.75) is 6.54 Å². The first-order valence-electron chi connectivity index (χ1n) is 10.9. The van der Waals surface area contributed by atoms with Crippen LogP contribution < -0.4 is 10.6 Å². The van der Waals surface area contributed by atoms with Gasteiger partial charge in [-0.1, -0.05) is 78.9 Å². The van der Waals surface area contributed by atoms with Crippen molar-refractivity contribution in [2.75, 3.05) is 5.32 Å². The van der Waals surface area contributed by atoms with Crippen molar-refractivity contribution in [2.24, 2.45) is 0 Å². The summed E-state index contributed by atoms with van der Waals surface area (Å²) in [5.41, 5.74) is 5.59. The number of nitrogens with one attached hydrogen (secondary N) is 2. The van der Waals surface area contributed by atoms with Crippen molar-refractivity contribution in [1.29, 1.82) is 0 Å². The van der Waals surface area contributed by atoms with Crippen LogP contribution in [-0.4, -0.2) is 15.1 Å². The minimum Gasteiger partial charge on any atom is -0.358 e. The zero-order valence-electron chi connectivity index (χ0n) is 17.7. The fourth-order valence-corrected chi connectivity index (χ4v) is 4.50. The Bertz CT molecular complexity index is 1660. The van der Waals surface area contributed by atoms with Gasteiger partial charge in [0.25, 0.3) is 0 Å². The summed E-state index contributed by atoms with van der Waals surface area (Å²) in [4.78, 5) is 10.1. The monoisotopic (exact) mass is 444 g/mol. The minimum atomic E-state index is 0.573. The van der Waals surface area contributed by atoms with Gasteiger partial charge in [0.05, 0.1) is 22.1 Å². The van der Waals surface area contributed by atoms with Crippen molar-refractivity contribution < 1.29 is 0 Å². The Morgan fingerprint density at radius 2 is 1.21 bits per heavy atom. The van der Waals surface area contributed by atoms with Crippen molar-refractivity contribution in [3.8, 4) is 0 Å². The lowest BCUT2D eigenvalue weighted by Gasteiger charge is -2.12. The van der Waals surface area contributed by atoms with Gasteiger partial charge >= 0.3 is 0 Å². The molecule has 0 fully saturated rings. The van der Waals surface area contributed by atoms with Gasteiger partial charge in [0.1, 0.15) is 0 Å². The maximum Gasteiger partial charge on any atom is 0.171 e. The summed E-state index contributed by atoms with van der Waals surface area (Å²) < 4.78 is 0. The average molecular weight is 445 g/mol. The van der Waals surface area contributed by atoms with E-state index in [1.165, 1.54) is 16.3 Å². The van der Waals surface area contributed by atoms with Crippen LogP contribution >= 0.6 is 12.2 Å². The number of fused-ring (bicyclic) bond motifs is 7. The Balaban J connectivity index is 1.40. The molecule has 1 aromatic heterocycles. The predicted molar refractivity (Wildman–Crippen MR) is 142 cm³/mol. The molecule has 33 heavy (non-hydrogen) atoms. The van der Waals surface area contributed by atoms with Crippen LogP contribution in [0.25, 0.3) is 43.6 Å². The van der Waals surface area contributed by atoms with Gasteiger partial charge in [0, 0.05) is 23.0 Å². The largest absolute Gasteiger partial charge is 0.358 e. The number of rotatable bonds is 3. The minimum absolute atomic E-state index is 0.573. The third kappa shape index (κ3) is 3.62. The number of aromatic nitrogens is 2. The molecule has 2 N–H and O–H groups in total. The second-order valence-corrected chi connectivity index (χ2v) is 8.42. The van der Waals surface area contributed by atoms with Crippen LogP contribution in [0.5, 0.6) is 0 Å². The van der Waals surface area contributed by atoms with E-state index in [0.717, 1.165) is 38.5 Å².